The molecule has 0 radical (unpaired) electrons. The van der Waals surface area contributed by atoms with Gasteiger partial charge in [-0.1, -0.05) is 0 Å². The fraction of sp³-hybridized carbons (Fsp3) is 0.556. The second kappa shape index (κ2) is 5.39. The molecule has 1 aromatic rings. The van der Waals surface area contributed by atoms with Crippen LogP contribution in [0.4, 0.5) is 11.6 Å². The van der Waals surface area contributed by atoms with Crippen LogP contribution < -0.4 is 11.1 Å². The van der Waals surface area contributed by atoms with Crippen molar-refractivity contribution >= 4 is 11.6 Å². The highest BCUT2D eigenvalue weighted by Crippen LogP contribution is 1.99. The van der Waals surface area contributed by atoms with E-state index in [-0.39, 0.29) is 6.10 Å². The van der Waals surface area contributed by atoms with Crippen LogP contribution >= 0.6 is 0 Å². The number of rotatable bonds is 5. The number of anilines is 2. The van der Waals surface area contributed by atoms with E-state index < -0.39 is 0 Å². The van der Waals surface area contributed by atoms with E-state index in [1.165, 1.54) is 0 Å². The van der Waals surface area contributed by atoms with Crippen molar-refractivity contribution < 1.29 is 4.74 Å². The number of ether oxygens (including phenoxy) is 1. The highest BCUT2D eigenvalue weighted by Gasteiger charge is 1.95. The van der Waals surface area contributed by atoms with Gasteiger partial charge in [0.1, 0.15) is 0 Å². The first-order chi connectivity index (χ1) is 6.68. The van der Waals surface area contributed by atoms with Crippen LogP contribution in [0.5, 0.6) is 0 Å². The Kier molecular flexibility index (Phi) is 4.12. The summed E-state index contributed by atoms with van der Waals surface area (Å²) in [7, 11) is 0. The molecule has 5 heteroatoms. The average molecular weight is 196 g/mol. The van der Waals surface area contributed by atoms with Gasteiger partial charge in [-0.2, -0.15) is 0 Å². The van der Waals surface area contributed by atoms with Gasteiger partial charge in [0.25, 0.3) is 0 Å². The minimum Gasteiger partial charge on any atom is -0.396 e. The summed E-state index contributed by atoms with van der Waals surface area (Å²) in [5.74, 6) is 0.576. The van der Waals surface area contributed by atoms with Crippen molar-refractivity contribution in [3.05, 3.63) is 12.4 Å². The zero-order chi connectivity index (χ0) is 10.4. The number of nitrogen functional groups attached to an aromatic ring is 1. The van der Waals surface area contributed by atoms with Crippen molar-refractivity contribution in [3.8, 4) is 0 Å². The lowest BCUT2D eigenvalue weighted by molar-refractivity contribution is 0.0870. The Labute approximate surface area is 83.7 Å². The fourth-order valence-corrected chi connectivity index (χ4v) is 0.887. The van der Waals surface area contributed by atoms with Gasteiger partial charge in [0.05, 0.1) is 30.8 Å². The van der Waals surface area contributed by atoms with E-state index in [0.717, 1.165) is 0 Å². The molecule has 0 aliphatic carbocycles. The van der Waals surface area contributed by atoms with Crippen molar-refractivity contribution in [2.24, 2.45) is 0 Å². The van der Waals surface area contributed by atoms with Gasteiger partial charge in [0, 0.05) is 6.54 Å². The van der Waals surface area contributed by atoms with E-state index in [9.17, 15) is 0 Å². The van der Waals surface area contributed by atoms with Crippen LogP contribution in [-0.4, -0.2) is 29.2 Å². The van der Waals surface area contributed by atoms with Crippen molar-refractivity contribution in [3.63, 3.8) is 0 Å². The topological polar surface area (TPSA) is 73.1 Å². The number of hydrogen-bond donors (Lipinski definition) is 2. The lowest BCUT2D eigenvalue weighted by atomic mass is 10.5. The number of nitrogens with zero attached hydrogens (tertiary/aromatic N) is 2. The van der Waals surface area contributed by atoms with Gasteiger partial charge in [-0.25, -0.2) is 9.97 Å². The van der Waals surface area contributed by atoms with Crippen LogP contribution in [-0.2, 0) is 4.74 Å². The molecule has 1 rings (SSSR count). The lowest BCUT2D eigenvalue weighted by Gasteiger charge is -2.08. The largest absolute Gasteiger partial charge is 0.396 e. The minimum absolute atomic E-state index is 0.254. The monoisotopic (exact) mass is 196 g/mol. The van der Waals surface area contributed by atoms with Crippen LogP contribution in [0, 0.1) is 0 Å². The molecule has 0 saturated heterocycles. The van der Waals surface area contributed by atoms with Gasteiger partial charge in [-0.05, 0) is 13.8 Å². The SMILES string of the molecule is CC(C)OCCNc1ncc(N)cn1. The van der Waals surface area contributed by atoms with Crippen molar-refractivity contribution in [1.29, 1.82) is 0 Å². The molecule has 0 amide bonds. The fourth-order valence-electron chi connectivity index (χ4n) is 0.887. The van der Waals surface area contributed by atoms with Gasteiger partial charge >= 0.3 is 0 Å². The van der Waals surface area contributed by atoms with Crippen molar-refractivity contribution in [1.82, 2.24) is 9.97 Å². The summed E-state index contributed by atoms with van der Waals surface area (Å²) >= 11 is 0. The van der Waals surface area contributed by atoms with E-state index in [0.29, 0.717) is 24.8 Å². The van der Waals surface area contributed by atoms with E-state index >= 15 is 0 Å². The average Bonchev–Trinajstić information content (AvgIpc) is 2.15. The summed E-state index contributed by atoms with van der Waals surface area (Å²) in [4.78, 5) is 7.98. The van der Waals surface area contributed by atoms with E-state index in [1.807, 2.05) is 13.8 Å². The lowest BCUT2D eigenvalue weighted by Crippen LogP contribution is -2.14. The second-order valence-electron chi connectivity index (χ2n) is 3.19. The molecular weight excluding hydrogens is 180 g/mol. The Morgan fingerprint density at radius 2 is 2.07 bits per heavy atom. The highest BCUT2D eigenvalue weighted by molar-refractivity contribution is 5.35. The molecule has 0 aliphatic heterocycles. The molecule has 0 unspecified atom stereocenters. The summed E-state index contributed by atoms with van der Waals surface area (Å²) in [6, 6.07) is 0. The van der Waals surface area contributed by atoms with E-state index in [4.69, 9.17) is 10.5 Å². The molecule has 14 heavy (non-hydrogen) atoms. The Morgan fingerprint density at radius 3 is 2.64 bits per heavy atom. The molecule has 1 heterocycles. The quantitative estimate of drug-likeness (QED) is 0.684. The number of hydrogen-bond acceptors (Lipinski definition) is 5. The van der Waals surface area contributed by atoms with E-state index in [2.05, 4.69) is 15.3 Å². The van der Waals surface area contributed by atoms with Crippen LogP contribution in [0.3, 0.4) is 0 Å². The molecule has 0 spiro atoms. The molecule has 0 aromatic carbocycles. The molecule has 0 atom stereocenters. The Morgan fingerprint density at radius 1 is 1.43 bits per heavy atom. The van der Waals surface area contributed by atoms with Gasteiger partial charge in [-0.15, -0.1) is 0 Å². The van der Waals surface area contributed by atoms with Gasteiger partial charge in [-0.3, -0.25) is 0 Å². The zero-order valence-electron chi connectivity index (χ0n) is 8.53. The van der Waals surface area contributed by atoms with Gasteiger partial charge < -0.3 is 15.8 Å². The third-order valence-electron chi connectivity index (χ3n) is 1.51. The van der Waals surface area contributed by atoms with Gasteiger partial charge in [0.15, 0.2) is 0 Å². The molecule has 5 nitrogen and oxygen atoms in total. The highest BCUT2D eigenvalue weighted by atomic mass is 16.5. The first kappa shape index (κ1) is 10.7. The summed E-state index contributed by atoms with van der Waals surface area (Å²) in [5.41, 5.74) is 6.01. The third-order valence-corrected chi connectivity index (χ3v) is 1.51. The third kappa shape index (κ3) is 4.04. The van der Waals surface area contributed by atoms with Crippen LogP contribution in [0.2, 0.25) is 0 Å². The molecule has 0 aliphatic rings. The normalized spacial score (nSPS) is 10.5. The number of aromatic nitrogens is 2. The molecule has 0 bridgehead atoms. The Balaban J connectivity index is 2.21. The maximum Gasteiger partial charge on any atom is 0.222 e. The van der Waals surface area contributed by atoms with Crippen LogP contribution in [0.15, 0.2) is 12.4 Å². The van der Waals surface area contributed by atoms with Crippen LogP contribution in [0.1, 0.15) is 13.8 Å². The molecule has 0 saturated carbocycles. The Bertz CT molecular complexity index is 260. The summed E-state index contributed by atoms with van der Waals surface area (Å²) in [6.07, 6.45) is 3.39. The van der Waals surface area contributed by atoms with Crippen molar-refractivity contribution in [2.45, 2.75) is 20.0 Å². The van der Waals surface area contributed by atoms with Gasteiger partial charge in [0.2, 0.25) is 5.95 Å². The molecule has 3 N–H and O–H groups in total. The maximum atomic E-state index is 5.44. The number of nitrogens with two attached hydrogens (primary N) is 1. The van der Waals surface area contributed by atoms with Crippen molar-refractivity contribution in [2.75, 3.05) is 24.2 Å². The standard InChI is InChI=1S/C9H16N4O/c1-7(2)14-4-3-11-9-12-5-8(10)6-13-9/h5-7H,3-4,10H2,1-2H3,(H,11,12,13). The molecule has 78 valence electrons. The number of nitrogens with one attached hydrogen (secondary N) is 1. The Hall–Kier alpha value is -1.36. The summed E-state index contributed by atoms with van der Waals surface area (Å²) in [5, 5.41) is 3.02. The van der Waals surface area contributed by atoms with Crippen LogP contribution in [0.25, 0.3) is 0 Å². The predicted molar refractivity (Wildman–Crippen MR) is 56.0 cm³/mol. The first-order valence-electron chi connectivity index (χ1n) is 4.61. The van der Waals surface area contributed by atoms with E-state index in [1.54, 1.807) is 12.4 Å². The molecular formula is C9H16N4O. The maximum absolute atomic E-state index is 5.44. The summed E-state index contributed by atoms with van der Waals surface area (Å²) < 4.78 is 5.34. The molecule has 1 aromatic heterocycles. The second-order valence-corrected chi connectivity index (χ2v) is 3.19. The molecule has 0 fully saturated rings. The first-order valence-corrected chi connectivity index (χ1v) is 4.61. The summed E-state index contributed by atoms with van der Waals surface area (Å²) in [6.45, 7) is 5.34. The zero-order valence-corrected chi connectivity index (χ0v) is 8.53. The minimum atomic E-state index is 0.254. The predicted octanol–water partition coefficient (Wildman–Crippen LogP) is 0.896. The smallest absolute Gasteiger partial charge is 0.222 e.